The fourth-order valence-electron chi connectivity index (χ4n) is 3.36. The number of aliphatic hydroxyl groups is 4. The van der Waals surface area contributed by atoms with Gasteiger partial charge in [0.25, 0.3) is 0 Å². The Kier molecular flexibility index (Phi) is 7.04. The fourth-order valence-corrected chi connectivity index (χ4v) is 3.36. The van der Waals surface area contributed by atoms with E-state index in [1.54, 1.807) is 0 Å². The van der Waals surface area contributed by atoms with Gasteiger partial charge in [-0.25, -0.2) is 9.59 Å². The largest absolute Gasteiger partial charge is 0.461 e. The third kappa shape index (κ3) is 5.03. The molecule has 2 saturated heterocycles. The van der Waals surface area contributed by atoms with Gasteiger partial charge in [-0.3, -0.25) is 4.90 Å². The first kappa shape index (κ1) is 21.5. The molecule has 160 valence electrons. The lowest BCUT2D eigenvalue weighted by Crippen LogP contribution is -2.58. The second-order valence-electron chi connectivity index (χ2n) is 7.06. The number of likely N-dealkylation sites (tertiary alicyclic amines) is 1. The SMILES string of the molecule is O=C(OC[C@@H]1O[C@H](O)[C@H](O)[C@@H](O)[C@@H]1O)[C@@H]1CCCN1C(=O)OCc1ccccc1. The van der Waals surface area contributed by atoms with Crippen LogP contribution in [0.4, 0.5) is 4.79 Å². The highest BCUT2D eigenvalue weighted by Gasteiger charge is 2.44. The van der Waals surface area contributed by atoms with Gasteiger partial charge in [-0.1, -0.05) is 30.3 Å². The van der Waals surface area contributed by atoms with Crippen molar-refractivity contribution in [3.8, 4) is 0 Å². The Morgan fingerprint density at radius 1 is 1.03 bits per heavy atom. The Labute approximate surface area is 167 Å². The molecule has 10 nitrogen and oxygen atoms in total. The minimum Gasteiger partial charge on any atom is -0.461 e. The van der Waals surface area contributed by atoms with E-state index < -0.39 is 55.4 Å². The van der Waals surface area contributed by atoms with Crippen LogP contribution >= 0.6 is 0 Å². The second-order valence-corrected chi connectivity index (χ2v) is 7.06. The molecule has 0 radical (unpaired) electrons. The monoisotopic (exact) mass is 411 g/mol. The van der Waals surface area contributed by atoms with Crippen LogP contribution in [0.2, 0.25) is 0 Å². The van der Waals surface area contributed by atoms with Crippen LogP contribution in [0.5, 0.6) is 0 Å². The van der Waals surface area contributed by atoms with E-state index in [0.29, 0.717) is 19.4 Å². The number of hydrogen-bond donors (Lipinski definition) is 4. The van der Waals surface area contributed by atoms with Crippen LogP contribution in [0, 0.1) is 0 Å². The molecule has 0 unspecified atom stereocenters. The topological polar surface area (TPSA) is 146 Å². The molecule has 0 spiro atoms. The quantitative estimate of drug-likeness (QED) is 0.454. The Morgan fingerprint density at radius 3 is 2.48 bits per heavy atom. The van der Waals surface area contributed by atoms with E-state index in [1.165, 1.54) is 4.90 Å². The van der Waals surface area contributed by atoms with Gasteiger partial charge in [0.05, 0.1) is 0 Å². The first-order valence-electron chi connectivity index (χ1n) is 9.40. The van der Waals surface area contributed by atoms with Crippen LogP contribution in [-0.4, -0.2) is 87.3 Å². The van der Waals surface area contributed by atoms with Crippen LogP contribution in [0.15, 0.2) is 30.3 Å². The van der Waals surface area contributed by atoms with E-state index in [1.807, 2.05) is 30.3 Å². The number of benzene rings is 1. The molecule has 1 amide bonds. The van der Waals surface area contributed by atoms with Gasteiger partial charge in [0.15, 0.2) is 6.29 Å². The molecule has 10 heteroatoms. The Bertz CT molecular complexity index is 700. The smallest absolute Gasteiger partial charge is 0.410 e. The molecule has 3 rings (SSSR count). The van der Waals surface area contributed by atoms with Gasteiger partial charge in [-0.2, -0.15) is 0 Å². The molecule has 4 N–H and O–H groups in total. The second kappa shape index (κ2) is 9.51. The van der Waals surface area contributed by atoms with Crippen molar-refractivity contribution in [2.24, 2.45) is 0 Å². The van der Waals surface area contributed by atoms with Gasteiger partial charge in [0.2, 0.25) is 0 Å². The number of esters is 1. The van der Waals surface area contributed by atoms with Crippen LogP contribution in [0.1, 0.15) is 18.4 Å². The highest BCUT2D eigenvalue weighted by atomic mass is 16.7. The predicted octanol–water partition coefficient (Wildman–Crippen LogP) is -0.869. The first-order chi connectivity index (χ1) is 13.9. The number of carbonyl (C=O) groups is 2. The van der Waals surface area contributed by atoms with Crippen molar-refractivity contribution in [3.63, 3.8) is 0 Å². The van der Waals surface area contributed by atoms with Crippen molar-refractivity contribution < 1.29 is 44.2 Å². The molecule has 0 aliphatic carbocycles. The molecule has 0 bridgehead atoms. The molecule has 0 aromatic heterocycles. The number of ether oxygens (including phenoxy) is 3. The van der Waals surface area contributed by atoms with Gasteiger partial charge in [-0.05, 0) is 18.4 Å². The summed E-state index contributed by atoms with van der Waals surface area (Å²) in [5.41, 5.74) is 0.821. The van der Waals surface area contributed by atoms with Crippen LogP contribution in [0.25, 0.3) is 0 Å². The van der Waals surface area contributed by atoms with Gasteiger partial charge >= 0.3 is 12.1 Å². The highest BCUT2D eigenvalue weighted by molar-refractivity contribution is 5.82. The van der Waals surface area contributed by atoms with E-state index >= 15 is 0 Å². The van der Waals surface area contributed by atoms with E-state index in [-0.39, 0.29) is 6.61 Å². The Balaban J connectivity index is 1.51. The maximum Gasteiger partial charge on any atom is 0.410 e. The molecule has 2 aliphatic rings. The Hall–Kier alpha value is -2.24. The number of hydrogen-bond acceptors (Lipinski definition) is 9. The van der Waals surface area contributed by atoms with Crippen molar-refractivity contribution in [2.75, 3.05) is 13.2 Å². The number of carbonyl (C=O) groups excluding carboxylic acids is 2. The summed E-state index contributed by atoms with van der Waals surface area (Å²) in [6, 6.07) is 8.31. The van der Waals surface area contributed by atoms with E-state index in [0.717, 1.165) is 5.56 Å². The van der Waals surface area contributed by atoms with Crippen LogP contribution in [-0.2, 0) is 25.6 Å². The van der Waals surface area contributed by atoms with Crippen molar-refractivity contribution in [1.82, 2.24) is 4.90 Å². The van der Waals surface area contributed by atoms with Gasteiger partial charge in [0.1, 0.15) is 43.7 Å². The average Bonchev–Trinajstić information content (AvgIpc) is 3.23. The van der Waals surface area contributed by atoms with E-state index in [9.17, 15) is 30.0 Å². The molecule has 29 heavy (non-hydrogen) atoms. The predicted molar refractivity (Wildman–Crippen MR) is 96.2 cm³/mol. The Morgan fingerprint density at radius 2 is 1.76 bits per heavy atom. The van der Waals surface area contributed by atoms with Crippen LogP contribution in [0.3, 0.4) is 0 Å². The summed E-state index contributed by atoms with van der Waals surface area (Å²) in [5, 5.41) is 38.6. The third-order valence-electron chi connectivity index (χ3n) is 5.04. The summed E-state index contributed by atoms with van der Waals surface area (Å²) < 4.78 is 15.4. The maximum atomic E-state index is 12.4. The summed E-state index contributed by atoms with van der Waals surface area (Å²) in [6.45, 7) is -0.0258. The minimum absolute atomic E-state index is 0.0815. The molecular weight excluding hydrogens is 386 g/mol. The molecular formula is C19H25NO9. The van der Waals surface area contributed by atoms with Crippen molar-refractivity contribution in [3.05, 3.63) is 35.9 Å². The number of rotatable bonds is 5. The maximum absolute atomic E-state index is 12.4. The highest BCUT2D eigenvalue weighted by Crippen LogP contribution is 2.23. The summed E-state index contributed by atoms with van der Waals surface area (Å²) in [4.78, 5) is 26.1. The normalized spacial score (nSPS) is 32.1. The summed E-state index contributed by atoms with van der Waals surface area (Å²) in [6.07, 6.45) is -7.41. The minimum atomic E-state index is -1.71. The van der Waals surface area contributed by atoms with Crippen LogP contribution < -0.4 is 0 Å². The third-order valence-corrected chi connectivity index (χ3v) is 5.04. The molecule has 1 aromatic carbocycles. The lowest BCUT2D eigenvalue weighted by Gasteiger charge is -2.38. The summed E-state index contributed by atoms with van der Waals surface area (Å²) in [7, 11) is 0. The van der Waals surface area contributed by atoms with E-state index in [4.69, 9.17) is 14.2 Å². The van der Waals surface area contributed by atoms with Crippen molar-refractivity contribution in [2.45, 2.75) is 56.2 Å². The molecule has 0 saturated carbocycles. The number of amides is 1. The molecule has 2 fully saturated rings. The van der Waals surface area contributed by atoms with Crippen molar-refractivity contribution >= 4 is 12.1 Å². The summed E-state index contributed by atoms with van der Waals surface area (Å²) in [5.74, 6) is -0.704. The average molecular weight is 411 g/mol. The zero-order valence-electron chi connectivity index (χ0n) is 15.7. The van der Waals surface area contributed by atoms with Gasteiger partial charge < -0.3 is 34.6 Å². The zero-order valence-corrected chi connectivity index (χ0v) is 15.7. The molecule has 1 aromatic rings. The van der Waals surface area contributed by atoms with Gasteiger partial charge in [0, 0.05) is 6.54 Å². The van der Waals surface area contributed by atoms with Crippen molar-refractivity contribution in [1.29, 1.82) is 0 Å². The first-order valence-corrected chi connectivity index (χ1v) is 9.40. The standard InChI is InChI=1S/C19H25NO9/c21-14-13(29-18(25)16(23)15(14)22)10-27-17(24)12-7-4-8-20(12)19(26)28-9-11-5-2-1-3-6-11/h1-3,5-6,12-16,18,21-23,25H,4,7-10H2/t12-,13-,14+,15-,16+,18-/m0/s1. The molecule has 2 heterocycles. The number of aliphatic hydroxyl groups excluding tert-OH is 4. The van der Waals surface area contributed by atoms with E-state index in [2.05, 4.69) is 0 Å². The lowest BCUT2D eigenvalue weighted by molar-refractivity contribution is -0.287. The number of nitrogens with zero attached hydrogens (tertiary/aromatic N) is 1. The molecule has 2 aliphatic heterocycles. The lowest BCUT2D eigenvalue weighted by atomic mass is 9.99. The van der Waals surface area contributed by atoms with Gasteiger partial charge in [-0.15, -0.1) is 0 Å². The fraction of sp³-hybridized carbons (Fsp3) is 0.579. The molecule has 6 atom stereocenters. The summed E-state index contributed by atoms with van der Waals surface area (Å²) >= 11 is 0. The zero-order chi connectivity index (χ0) is 21.0.